The zero-order valence-corrected chi connectivity index (χ0v) is 10.7. The molecule has 0 spiro atoms. The van der Waals surface area contributed by atoms with E-state index in [9.17, 15) is 9.90 Å². The highest BCUT2D eigenvalue weighted by molar-refractivity contribution is 5.76. The minimum atomic E-state index is -0.751. The van der Waals surface area contributed by atoms with Crippen molar-refractivity contribution >= 4 is 5.97 Å². The summed E-state index contributed by atoms with van der Waals surface area (Å²) in [6, 6.07) is 9.92. The maximum Gasteiger partial charge on any atom is 0.312 e. The summed E-state index contributed by atoms with van der Waals surface area (Å²) in [4.78, 5) is 13.6. The molecule has 2 N–H and O–H groups in total. The van der Waals surface area contributed by atoms with Gasteiger partial charge in [0.05, 0.1) is 5.92 Å². The molecule has 1 aromatic rings. The predicted molar refractivity (Wildman–Crippen MR) is 70.7 cm³/mol. The average molecular weight is 248 g/mol. The molecule has 2 atom stereocenters. The lowest BCUT2D eigenvalue weighted by molar-refractivity contribution is -0.139. The fraction of sp³-hybridized carbons (Fsp3) is 0.500. The summed E-state index contributed by atoms with van der Waals surface area (Å²) in [6.07, 6.45) is 1.09. The van der Waals surface area contributed by atoms with Gasteiger partial charge in [-0.2, -0.15) is 0 Å². The number of carbonyl (C=O) groups is 1. The normalized spacial score (nSPS) is 21.1. The molecule has 0 saturated carbocycles. The van der Waals surface area contributed by atoms with Gasteiger partial charge in [-0.25, -0.2) is 0 Å². The number of rotatable bonds is 5. The Kier molecular flexibility index (Phi) is 4.33. The van der Waals surface area contributed by atoms with Gasteiger partial charge in [-0.1, -0.05) is 30.3 Å². The topological polar surface area (TPSA) is 52.6 Å². The van der Waals surface area contributed by atoms with Gasteiger partial charge in [0.1, 0.15) is 0 Å². The number of likely N-dealkylation sites (N-methyl/N-ethyl adjacent to an activating group) is 1. The van der Waals surface area contributed by atoms with Crippen molar-refractivity contribution in [3.05, 3.63) is 35.9 Å². The maximum atomic E-state index is 11.4. The molecule has 1 fully saturated rings. The molecule has 1 saturated heterocycles. The van der Waals surface area contributed by atoms with Gasteiger partial charge < -0.3 is 15.3 Å². The van der Waals surface area contributed by atoms with Gasteiger partial charge in [0.15, 0.2) is 0 Å². The van der Waals surface area contributed by atoms with Gasteiger partial charge >= 0.3 is 5.97 Å². The van der Waals surface area contributed by atoms with Crippen LogP contribution in [0.1, 0.15) is 17.9 Å². The lowest BCUT2D eigenvalue weighted by atomic mass is 9.98. The molecule has 2 rings (SSSR count). The summed E-state index contributed by atoms with van der Waals surface area (Å²) in [7, 11) is 2.01. The Labute approximate surface area is 108 Å². The van der Waals surface area contributed by atoms with Gasteiger partial charge in [0.25, 0.3) is 0 Å². The third-order valence-electron chi connectivity index (χ3n) is 3.63. The summed E-state index contributed by atoms with van der Waals surface area (Å²) in [5, 5.41) is 12.7. The minimum Gasteiger partial charge on any atom is -0.481 e. The van der Waals surface area contributed by atoms with Crippen LogP contribution in [0.25, 0.3) is 0 Å². The lowest BCUT2D eigenvalue weighted by Crippen LogP contribution is -2.38. The van der Waals surface area contributed by atoms with Crippen LogP contribution < -0.4 is 5.32 Å². The van der Waals surface area contributed by atoms with Crippen LogP contribution in [0.5, 0.6) is 0 Å². The van der Waals surface area contributed by atoms with Crippen molar-refractivity contribution in [2.45, 2.75) is 18.4 Å². The van der Waals surface area contributed by atoms with Gasteiger partial charge in [-0.05, 0) is 25.6 Å². The van der Waals surface area contributed by atoms with Crippen LogP contribution in [-0.2, 0) is 4.79 Å². The number of nitrogens with one attached hydrogen (secondary N) is 1. The van der Waals surface area contributed by atoms with Crippen molar-refractivity contribution in [3.8, 4) is 0 Å². The first-order chi connectivity index (χ1) is 8.68. The Morgan fingerprint density at radius 3 is 2.78 bits per heavy atom. The molecule has 1 aliphatic heterocycles. The Bertz CT molecular complexity index is 388. The predicted octanol–water partition coefficient (Wildman–Crippen LogP) is 1.15. The van der Waals surface area contributed by atoms with E-state index in [1.807, 2.05) is 37.4 Å². The highest BCUT2D eigenvalue weighted by atomic mass is 16.4. The molecule has 0 bridgehead atoms. The zero-order valence-electron chi connectivity index (χ0n) is 10.7. The summed E-state index contributed by atoms with van der Waals surface area (Å²) in [6.45, 7) is 2.54. The first-order valence-electron chi connectivity index (χ1n) is 6.37. The molecule has 0 aromatic heterocycles. The molecule has 18 heavy (non-hydrogen) atoms. The van der Waals surface area contributed by atoms with Crippen molar-refractivity contribution in [1.82, 2.24) is 10.2 Å². The smallest absolute Gasteiger partial charge is 0.312 e. The largest absolute Gasteiger partial charge is 0.481 e. The third kappa shape index (κ3) is 3.09. The summed E-state index contributed by atoms with van der Waals surface area (Å²) < 4.78 is 0. The van der Waals surface area contributed by atoms with Gasteiger partial charge in [0.2, 0.25) is 0 Å². The molecule has 2 unspecified atom stereocenters. The van der Waals surface area contributed by atoms with E-state index in [0.29, 0.717) is 12.6 Å². The summed E-state index contributed by atoms with van der Waals surface area (Å²) in [5.41, 5.74) is 0.878. The molecule has 0 radical (unpaired) electrons. The minimum absolute atomic E-state index is 0.447. The number of benzene rings is 1. The van der Waals surface area contributed by atoms with E-state index < -0.39 is 11.9 Å². The molecule has 1 heterocycles. The Balaban J connectivity index is 2.04. The highest BCUT2D eigenvalue weighted by Gasteiger charge is 2.26. The van der Waals surface area contributed by atoms with E-state index in [-0.39, 0.29) is 0 Å². The fourth-order valence-electron chi connectivity index (χ4n) is 2.46. The second-order valence-corrected chi connectivity index (χ2v) is 4.89. The van der Waals surface area contributed by atoms with E-state index in [1.54, 1.807) is 0 Å². The van der Waals surface area contributed by atoms with Crippen molar-refractivity contribution in [2.24, 2.45) is 0 Å². The van der Waals surface area contributed by atoms with E-state index in [4.69, 9.17) is 0 Å². The molecule has 0 amide bonds. The number of carboxylic acid groups (broad SMARTS) is 1. The number of nitrogens with zero attached hydrogens (tertiary/aromatic N) is 1. The molecule has 4 heteroatoms. The SMILES string of the molecule is CN(CC(C(=O)O)c1ccccc1)C1CCNC1. The lowest BCUT2D eigenvalue weighted by Gasteiger charge is -2.26. The van der Waals surface area contributed by atoms with E-state index >= 15 is 0 Å². The van der Waals surface area contributed by atoms with Crippen LogP contribution in [0.4, 0.5) is 0 Å². The second kappa shape index (κ2) is 5.98. The Hall–Kier alpha value is -1.39. The maximum absolute atomic E-state index is 11.4. The monoisotopic (exact) mass is 248 g/mol. The third-order valence-corrected chi connectivity index (χ3v) is 3.63. The number of hydrogen-bond acceptors (Lipinski definition) is 3. The quantitative estimate of drug-likeness (QED) is 0.820. The first-order valence-corrected chi connectivity index (χ1v) is 6.37. The van der Waals surface area contributed by atoms with E-state index in [0.717, 1.165) is 25.1 Å². The molecule has 98 valence electrons. The van der Waals surface area contributed by atoms with Crippen LogP contribution in [0.15, 0.2) is 30.3 Å². The summed E-state index contributed by atoms with van der Waals surface area (Å²) >= 11 is 0. The molecular formula is C14H20N2O2. The van der Waals surface area contributed by atoms with Crippen LogP contribution >= 0.6 is 0 Å². The van der Waals surface area contributed by atoms with E-state index in [2.05, 4.69) is 10.2 Å². The van der Waals surface area contributed by atoms with Crippen LogP contribution in [0.3, 0.4) is 0 Å². The standard InChI is InChI=1S/C14H20N2O2/c1-16(12-7-8-15-9-12)10-13(14(17)18)11-5-3-2-4-6-11/h2-6,12-13,15H,7-10H2,1H3,(H,17,18). The zero-order chi connectivity index (χ0) is 13.0. The number of hydrogen-bond donors (Lipinski definition) is 2. The van der Waals surface area contributed by atoms with Crippen molar-refractivity contribution in [2.75, 3.05) is 26.7 Å². The van der Waals surface area contributed by atoms with Crippen LogP contribution in [0.2, 0.25) is 0 Å². The average Bonchev–Trinajstić information content (AvgIpc) is 2.90. The van der Waals surface area contributed by atoms with Crippen molar-refractivity contribution < 1.29 is 9.90 Å². The molecule has 1 aromatic carbocycles. The number of carboxylic acids is 1. The van der Waals surface area contributed by atoms with E-state index in [1.165, 1.54) is 0 Å². The van der Waals surface area contributed by atoms with Crippen LogP contribution in [-0.4, -0.2) is 48.7 Å². The molecular weight excluding hydrogens is 228 g/mol. The Morgan fingerprint density at radius 2 is 2.22 bits per heavy atom. The van der Waals surface area contributed by atoms with Gasteiger partial charge in [-0.15, -0.1) is 0 Å². The van der Waals surface area contributed by atoms with Gasteiger partial charge in [-0.3, -0.25) is 4.79 Å². The van der Waals surface area contributed by atoms with Gasteiger partial charge in [0, 0.05) is 19.1 Å². The second-order valence-electron chi connectivity index (χ2n) is 4.89. The highest BCUT2D eigenvalue weighted by Crippen LogP contribution is 2.19. The van der Waals surface area contributed by atoms with Crippen molar-refractivity contribution in [3.63, 3.8) is 0 Å². The van der Waals surface area contributed by atoms with Crippen LogP contribution in [0, 0.1) is 0 Å². The first kappa shape index (κ1) is 13.1. The fourth-order valence-corrected chi connectivity index (χ4v) is 2.46. The van der Waals surface area contributed by atoms with Crippen molar-refractivity contribution in [1.29, 1.82) is 0 Å². The Morgan fingerprint density at radius 1 is 1.50 bits per heavy atom. The molecule has 1 aliphatic rings. The number of aliphatic carboxylic acids is 1. The molecule has 4 nitrogen and oxygen atoms in total. The molecule has 0 aliphatic carbocycles. The summed E-state index contributed by atoms with van der Waals surface area (Å²) in [5.74, 6) is -1.20.